The second-order valence-electron chi connectivity index (χ2n) is 6.30. The number of carbonyl (C=O) groups is 2. The molecule has 3 aromatic rings. The van der Waals surface area contributed by atoms with Crippen LogP contribution in [0.15, 0.2) is 48.7 Å². The first kappa shape index (κ1) is 20.9. The highest BCUT2D eigenvalue weighted by molar-refractivity contribution is 6.07. The number of alkyl halides is 2. The molecule has 3 amide bonds. The summed E-state index contributed by atoms with van der Waals surface area (Å²) in [6.07, 6.45) is 1.68. The Balaban J connectivity index is 1.55. The molecule has 2 aromatic carbocycles. The third kappa shape index (κ3) is 4.77. The molecule has 1 heterocycles. The molecule has 0 fully saturated rings. The molecule has 3 rings (SSSR count). The van der Waals surface area contributed by atoms with Crippen molar-refractivity contribution in [2.45, 2.75) is 13.2 Å². The Labute approximate surface area is 170 Å². The molecule has 0 aliphatic heterocycles. The molecule has 0 atom stereocenters. The van der Waals surface area contributed by atoms with Crippen LogP contribution in [-0.2, 0) is 13.6 Å². The third-order valence-electron chi connectivity index (χ3n) is 4.33. The van der Waals surface area contributed by atoms with Gasteiger partial charge in [-0.2, -0.15) is 8.78 Å². The first-order chi connectivity index (χ1) is 14.4. The van der Waals surface area contributed by atoms with Crippen LogP contribution >= 0.6 is 0 Å². The lowest BCUT2D eigenvalue weighted by molar-refractivity contribution is -0.0512. The number of rotatable bonds is 6. The van der Waals surface area contributed by atoms with Crippen molar-refractivity contribution in [2.24, 2.45) is 7.05 Å². The zero-order valence-corrected chi connectivity index (χ0v) is 16.2. The highest BCUT2D eigenvalue weighted by Gasteiger charge is 2.15. The van der Waals surface area contributed by atoms with Crippen molar-refractivity contribution in [1.82, 2.24) is 20.7 Å². The van der Waals surface area contributed by atoms with Gasteiger partial charge in [-0.05, 0) is 23.8 Å². The molecule has 0 spiro atoms. The number of methoxy groups -OCH3 is 1. The lowest BCUT2D eigenvalue weighted by atomic mass is 10.2. The fourth-order valence-electron chi connectivity index (χ4n) is 2.95. The summed E-state index contributed by atoms with van der Waals surface area (Å²) in [6, 6.07) is 11.1. The van der Waals surface area contributed by atoms with E-state index in [1.807, 2.05) is 35.9 Å². The summed E-state index contributed by atoms with van der Waals surface area (Å²) in [4.78, 5) is 24.4. The Morgan fingerprint density at radius 2 is 1.87 bits per heavy atom. The van der Waals surface area contributed by atoms with E-state index in [1.165, 1.54) is 25.3 Å². The Bertz CT molecular complexity index is 1070. The molecule has 10 heteroatoms. The van der Waals surface area contributed by atoms with Crippen LogP contribution in [0.3, 0.4) is 0 Å². The molecule has 1 aromatic heterocycles. The molecule has 0 aliphatic rings. The average molecular weight is 418 g/mol. The van der Waals surface area contributed by atoms with Crippen molar-refractivity contribution >= 4 is 22.8 Å². The number of fused-ring (bicyclic) bond motifs is 1. The van der Waals surface area contributed by atoms with Crippen molar-refractivity contribution in [3.05, 3.63) is 59.8 Å². The van der Waals surface area contributed by atoms with E-state index in [9.17, 15) is 18.4 Å². The van der Waals surface area contributed by atoms with Crippen molar-refractivity contribution in [2.75, 3.05) is 7.11 Å². The lowest BCUT2D eigenvalue weighted by Gasteiger charge is -2.12. The number of urea groups is 1. The number of benzene rings is 2. The number of hydrogen-bond donors (Lipinski definition) is 3. The minimum Gasteiger partial charge on any atom is -0.493 e. The number of amides is 3. The second-order valence-corrected chi connectivity index (χ2v) is 6.30. The van der Waals surface area contributed by atoms with E-state index in [0.29, 0.717) is 11.1 Å². The molecule has 0 aliphatic carbocycles. The topological polar surface area (TPSA) is 93.6 Å². The molecule has 0 radical (unpaired) electrons. The number of aromatic nitrogens is 1. The Kier molecular flexibility index (Phi) is 6.35. The first-order valence-electron chi connectivity index (χ1n) is 8.89. The Morgan fingerprint density at radius 1 is 1.10 bits per heavy atom. The summed E-state index contributed by atoms with van der Waals surface area (Å²) in [5, 5.41) is 3.31. The molecule has 3 N–H and O–H groups in total. The summed E-state index contributed by atoms with van der Waals surface area (Å²) >= 11 is 0. The van der Waals surface area contributed by atoms with Crippen LogP contribution < -0.4 is 25.6 Å². The second kappa shape index (κ2) is 9.12. The molecule has 158 valence electrons. The smallest absolute Gasteiger partial charge is 0.387 e. The normalized spacial score (nSPS) is 10.7. The van der Waals surface area contributed by atoms with Crippen LogP contribution in [0.25, 0.3) is 10.9 Å². The van der Waals surface area contributed by atoms with Crippen LogP contribution in [0.2, 0.25) is 0 Å². The highest BCUT2D eigenvalue weighted by Crippen LogP contribution is 2.29. The van der Waals surface area contributed by atoms with Crippen LogP contribution in [0.4, 0.5) is 13.6 Å². The number of nitrogens with zero attached hydrogens (tertiary/aromatic N) is 1. The van der Waals surface area contributed by atoms with Gasteiger partial charge in [0.15, 0.2) is 11.5 Å². The zero-order valence-electron chi connectivity index (χ0n) is 16.2. The van der Waals surface area contributed by atoms with E-state index >= 15 is 0 Å². The summed E-state index contributed by atoms with van der Waals surface area (Å²) in [7, 11) is 3.14. The predicted molar refractivity (Wildman–Crippen MR) is 105 cm³/mol. The quantitative estimate of drug-likeness (QED) is 0.537. The molecular weight excluding hydrogens is 398 g/mol. The van der Waals surface area contributed by atoms with Gasteiger partial charge in [-0.25, -0.2) is 10.2 Å². The third-order valence-corrected chi connectivity index (χ3v) is 4.33. The standard InChI is InChI=1S/C20H20F2N4O4/c1-26-11-14(13-5-3-4-6-15(13)26)18(27)24-25-20(28)23-10-12-7-8-16(30-19(21)22)17(9-12)29-2/h3-9,11,19H,10H2,1-2H3,(H,24,27)(H2,23,25,28). The van der Waals surface area contributed by atoms with Crippen molar-refractivity contribution in [1.29, 1.82) is 0 Å². The summed E-state index contributed by atoms with van der Waals surface area (Å²) < 4.78 is 35.9. The van der Waals surface area contributed by atoms with E-state index in [4.69, 9.17) is 4.74 Å². The summed E-state index contributed by atoms with van der Waals surface area (Å²) in [5.41, 5.74) is 6.53. The van der Waals surface area contributed by atoms with Gasteiger partial charge in [-0.1, -0.05) is 24.3 Å². The highest BCUT2D eigenvalue weighted by atomic mass is 19.3. The molecule has 0 saturated carbocycles. The van der Waals surface area contributed by atoms with Gasteiger partial charge in [-0.15, -0.1) is 0 Å². The van der Waals surface area contributed by atoms with E-state index in [0.717, 1.165) is 10.9 Å². The lowest BCUT2D eigenvalue weighted by Crippen LogP contribution is -2.46. The van der Waals surface area contributed by atoms with Crippen molar-refractivity contribution in [3.8, 4) is 11.5 Å². The first-order valence-corrected chi connectivity index (χ1v) is 8.89. The fraction of sp³-hybridized carbons (Fsp3) is 0.200. The minimum absolute atomic E-state index is 0.0707. The minimum atomic E-state index is -2.97. The van der Waals surface area contributed by atoms with E-state index in [-0.39, 0.29) is 18.0 Å². The van der Waals surface area contributed by atoms with Crippen LogP contribution in [-0.4, -0.2) is 30.2 Å². The maximum atomic E-state index is 12.4. The molecule has 0 unspecified atom stereocenters. The number of ether oxygens (including phenoxy) is 2. The number of hydrazine groups is 1. The largest absolute Gasteiger partial charge is 0.493 e. The van der Waals surface area contributed by atoms with Gasteiger partial charge in [0.25, 0.3) is 5.91 Å². The maximum Gasteiger partial charge on any atom is 0.387 e. The zero-order chi connectivity index (χ0) is 21.7. The summed E-state index contributed by atoms with van der Waals surface area (Å²) in [5.74, 6) is -0.459. The van der Waals surface area contributed by atoms with Crippen LogP contribution in [0, 0.1) is 0 Å². The molecule has 30 heavy (non-hydrogen) atoms. The molecule has 8 nitrogen and oxygen atoms in total. The van der Waals surface area contributed by atoms with Gasteiger partial charge in [-0.3, -0.25) is 10.2 Å². The summed E-state index contributed by atoms with van der Waals surface area (Å²) in [6.45, 7) is -2.90. The maximum absolute atomic E-state index is 12.4. The monoisotopic (exact) mass is 418 g/mol. The number of halogens is 2. The van der Waals surface area contributed by atoms with E-state index < -0.39 is 18.5 Å². The van der Waals surface area contributed by atoms with Gasteiger partial charge in [0, 0.05) is 30.7 Å². The van der Waals surface area contributed by atoms with Crippen LogP contribution in [0.1, 0.15) is 15.9 Å². The van der Waals surface area contributed by atoms with Gasteiger partial charge in [0.2, 0.25) is 0 Å². The Morgan fingerprint density at radius 3 is 2.60 bits per heavy atom. The van der Waals surface area contributed by atoms with Gasteiger partial charge >= 0.3 is 12.6 Å². The molecule has 0 bridgehead atoms. The van der Waals surface area contributed by atoms with Crippen molar-refractivity contribution < 1.29 is 27.8 Å². The number of aryl methyl sites for hydroxylation is 1. The number of carbonyl (C=O) groups excluding carboxylic acids is 2. The average Bonchev–Trinajstić information content (AvgIpc) is 3.07. The van der Waals surface area contributed by atoms with Gasteiger partial charge in [0.1, 0.15) is 0 Å². The van der Waals surface area contributed by atoms with Gasteiger partial charge < -0.3 is 19.4 Å². The number of nitrogens with one attached hydrogen (secondary N) is 3. The van der Waals surface area contributed by atoms with Crippen LogP contribution in [0.5, 0.6) is 11.5 Å². The fourth-order valence-corrected chi connectivity index (χ4v) is 2.95. The van der Waals surface area contributed by atoms with E-state index in [1.54, 1.807) is 6.20 Å². The predicted octanol–water partition coefficient (Wildman–Crippen LogP) is 2.93. The van der Waals surface area contributed by atoms with Gasteiger partial charge in [0.05, 0.1) is 12.7 Å². The SMILES string of the molecule is COc1cc(CNC(=O)NNC(=O)c2cn(C)c3ccccc23)ccc1OC(F)F. The Hall–Kier alpha value is -3.82. The molecule has 0 saturated heterocycles. The number of hydrogen-bond acceptors (Lipinski definition) is 4. The molecular formula is C20H20F2N4O4. The number of para-hydroxylation sites is 1. The van der Waals surface area contributed by atoms with Crippen molar-refractivity contribution in [3.63, 3.8) is 0 Å². The van der Waals surface area contributed by atoms with E-state index in [2.05, 4.69) is 20.9 Å².